The van der Waals surface area contributed by atoms with Gasteiger partial charge < -0.3 is 11.1 Å². The molecule has 3 rings (SSSR count). The van der Waals surface area contributed by atoms with Crippen LogP contribution in [0.25, 0.3) is 11.0 Å². The minimum atomic E-state index is -0.0293. The molecule has 1 fully saturated rings. The molecule has 1 aliphatic carbocycles. The number of aromatic nitrogens is 2. The molecule has 2 atom stereocenters. The van der Waals surface area contributed by atoms with E-state index in [2.05, 4.69) is 12.2 Å². The molecule has 6 nitrogen and oxygen atoms in total. The van der Waals surface area contributed by atoms with E-state index in [1.54, 1.807) is 9.13 Å². The van der Waals surface area contributed by atoms with Crippen LogP contribution in [0.2, 0.25) is 0 Å². The third-order valence-corrected chi connectivity index (χ3v) is 5.49. The summed E-state index contributed by atoms with van der Waals surface area (Å²) in [6.07, 6.45) is 5.64. The number of fused-ring (bicyclic) bond motifs is 1. The molecule has 0 spiro atoms. The number of halogens is 1. The fraction of sp³-hybridized carbons (Fsp3) is 0.600. The van der Waals surface area contributed by atoms with E-state index >= 15 is 0 Å². The summed E-state index contributed by atoms with van der Waals surface area (Å²) in [5.74, 6) is 0.386. The molecule has 27 heavy (non-hydrogen) atoms. The molecule has 7 heteroatoms. The molecule has 2 aromatic rings. The van der Waals surface area contributed by atoms with Crippen molar-refractivity contribution in [2.75, 3.05) is 6.54 Å². The Hall–Kier alpha value is -1.79. The fourth-order valence-corrected chi connectivity index (χ4v) is 4.10. The monoisotopic (exact) mass is 394 g/mol. The summed E-state index contributed by atoms with van der Waals surface area (Å²) >= 11 is 0. The van der Waals surface area contributed by atoms with Gasteiger partial charge in [0.15, 0.2) is 0 Å². The number of aryl methyl sites for hydroxylation is 2. The van der Waals surface area contributed by atoms with Crippen LogP contribution in [0.5, 0.6) is 0 Å². The van der Waals surface area contributed by atoms with Gasteiger partial charge in [-0.05, 0) is 43.9 Å². The van der Waals surface area contributed by atoms with Crippen LogP contribution in [-0.2, 0) is 17.9 Å². The van der Waals surface area contributed by atoms with Gasteiger partial charge in [0, 0.05) is 25.6 Å². The summed E-state index contributed by atoms with van der Waals surface area (Å²) < 4.78 is 3.53. The smallest absolute Gasteiger partial charge is 0.329 e. The van der Waals surface area contributed by atoms with Crippen LogP contribution in [0.1, 0.15) is 45.4 Å². The molecule has 1 saturated carbocycles. The number of nitrogens with one attached hydrogen (secondary N) is 1. The molecule has 2 unspecified atom stereocenters. The third-order valence-electron chi connectivity index (χ3n) is 5.49. The molecule has 1 heterocycles. The van der Waals surface area contributed by atoms with Gasteiger partial charge in [-0.15, -0.1) is 12.4 Å². The Morgan fingerprint density at radius 1 is 1.15 bits per heavy atom. The van der Waals surface area contributed by atoms with Crippen LogP contribution in [0.15, 0.2) is 29.1 Å². The highest BCUT2D eigenvalue weighted by molar-refractivity contribution is 5.85. The minimum absolute atomic E-state index is 0. The first-order valence-electron chi connectivity index (χ1n) is 9.83. The summed E-state index contributed by atoms with van der Waals surface area (Å²) in [4.78, 5) is 25.2. The molecule has 0 saturated heterocycles. The number of hydrogen-bond acceptors (Lipinski definition) is 3. The molecule has 1 aliphatic rings. The summed E-state index contributed by atoms with van der Waals surface area (Å²) in [5.41, 5.74) is 7.66. The number of para-hydroxylation sites is 2. The number of carbonyl (C=O) groups is 1. The maximum absolute atomic E-state index is 12.8. The Balaban J connectivity index is 0.00000261. The van der Waals surface area contributed by atoms with Gasteiger partial charge in [0.25, 0.3) is 0 Å². The van der Waals surface area contributed by atoms with Gasteiger partial charge in [0.1, 0.15) is 0 Å². The second-order valence-corrected chi connectivity index (χ2v) is 7.28. The summed E-state index contributed by atoms with van der Waals surface area (Å²) in [6, 6.07) is 7.98. The fourth-order valence-electron chi connectivity index (χ4n) is 4.10. The zero-order chi connectivity index (χ0) is 18.5. The zero-order valence-electron chi connectivity index (χ0n) is 16.0. The van der Waals surface area contributed by atoms with E-state index < -0.39 is 0 Å². The van der Waals surface area contributed by atoms with Crippen molar-refractivity contribution in [2.24, 2.45) is 11.7 Å². The van der Waals surface area contributed by atoms with Gasteiger partial charge in [-0.1, -0.05) is 31.9 Å². The first kappa shape index (κ1) is 21.5. The number of rotatable bonds is 7. The zero-order valence-corrected chi connectivity index (χ0v) is 16.8. The largest absolute Gasteiger partial charge is 0.353 e. The van der Waals surface area contributed by atoms with Gasteiger partial charge >= 0.3 is 5.69 Å². The van der Waals surface area contributed by atoms with Gasteiger partial charge in [0.2, 0.25) is 5.91 Å². The number of nitrogens with two attached hydrogens (primary N) is 1. The lowest BCUT2D eigenvalue weighted by Crippen LogP contribution is -2.45. The molecular weight excluding hydrogens is 364 g/mol. The minimum Gasteiger partial charge on any atom is -0.353 e. The van der Waals surface area contributed by atoms with Crippen molar-refractivity contribution in [3.63, 3.8) is 0 Å². The predicted octanol–water partition coefficient (Wildman–Crippen LogP) is 2.66. The molecule has 1 amide bonds. The second-order valence-electron chi connectivity index (χ2n) is 7.28. The highest BCUT2D eigenvalue weighted by atomic mass is 35.5. The average Bonchev–Trinajstić information content (AvgIpc) is 2.92. The summed E-state index contributed by atoms with van der Waals surface area (Å²) in [7, 11) is 0. The van der Waals surface area contributed by atoms with E-state index in [9.17, 15) is 9.59 Å². The molecular formula is C20H31ClN4O2. The van der Waals surface area contributed by atoms with Gasteiger partial charge in [-0.25, -0.2) is 4.79 Å². The van der Waals surface area contributed by atoms with E-state index in [1.807, 2.05) is 24.3 Å². The second kappa shape index (κ2) is 9.95. The van der Waals surface area contributed by atoms with Crippen LogP contribution < -0.4 is 16.7 Å². The van der Waals surface area contributed by atoms with E-state index in [0.29, 0.717) is 32.0 Å². The molecule has 0 aliphatic heterocycles. The SMILES string of the molecule is CCCn1c(=O)n(CCC(=O)NC2CCCCC2CN)c2ccccc21.Cl. The van der Waals surface area contributed by atoms with Crippen molar-refractivity contribution in [1.82, 2.24) is 14.5 Å². The highest BCUT2D eigenvalue weighted by Crippen LogP contribution is 2.23. The van der Waals surface area contributed by atoms with Crippen LogP contribution >= 0.6 is 12.4 Å². The topological polar surface area (TPSA) is 82.0 Å². The Kier molecular flexibility index (Phi) is 7.92. The van der Waals surface area contributed by atoms with Crippen molar-refractivity contribution >= 4 is 29.3 Å². The van der Waals surface area contributed by atoms with Crippen LogP contribution in [0.4, 0.5) is 0 Å². The van der Waals surface area contributed by atoms with Crippen molar-refractivity contribution in [3.8, 4) is 0 Å². The molecule has 3 N–H and O–H groups in total. The number of nitrogens with zero attached hydrogens (tertiary/aromatic N) is 2. The molecule has 1 aromatic heterocycles. The molecule has 1 aromatic carbocycles. The van der Waals surface area contributed by atoms with Gasteiger partial charge in [-0.3, -0.25) is 13.9 Å². The maximum Gasteiger partial charge on any atom is 0.329 e. The first-order valence-corrected chi connectivity index (χ1v) is 9.83. The van der Waals surface area contributed by atoms with Crippen LogP contribution in [-0.4, -0.2) is 27.6 Å². The Morgan fingerprint density at radius 3 is 2.41 bits per heavy atom. The van der Waals surface area contributed by atoms with Crippen LogP contribution in [0.3, 0.4) is 0 Å². The number of amides is 1. The normalized spacial score (nSPS) is 19.6. The van der Waals surface area contributed by atoms with Gasteiger partial charge in [-0.2, -0.15) is 0 Å². The van der Waals surface area contributed by atoms with E-state index in [0.717, 1.165) is 36.7 Å². The molecule has 0 radical (unpaired) electrons. The van der Waals surface area contributed by atoms with Crippen molar-refractivity contribution in [2.45, 2.75) is 64.6 Å². The van der Waals surface area contributed by atoms with Crippen molar-refractivity contribution < 1.29 is 4.79 Å². The summed E-state index contributed by atoms with van der Waals surface area (Å²) in [6.45, 7) is 3.78. The lowest BCUT2D eigenvalue weighted by molar-refractivity contribution is -0.122. The Bertz CT molecular complexity index is 814. The number of hydrogen-bond donors (Lipinski definition) is 2. The maximum atomic E-state index is 12.8. The lowest BCUT2D eigenvalue weighted by Gasteiger charge is -2.31. The first-order chi connectivity index (χ1) is 12.7. The predicted molar refractivity (Wildman–Crippen MR) is 111 cm³/mol. The summed E-state index contributed by atoms with van der Waals surface area (Å²) in [5, 5.41) is 3.15. The Morgan fingerprint density at radius 2 is 1.78 bits per heavy atom. The van der Waals surface area contributed by atoms with E-state index in [4.69, 9.17) is 5.73 Å². The molecule has 0 bridgehead atoms. The molecule has 150 valence electrons. The third kappa shape index (κ3) is 4.74. The highest BCUT2D eigenvalue weighted by Gasteiger charge is 2.25. The number of benzene rings is 1. The Labute approximate surface area is 166 Å². The standard InChI is InChI=1S/C20H30N4O2.ClH/c1-2-12-23-17-9-5-6-10-18(17)24(20(23)26)13-11-19(25)22-16-8-4-3-7-15(16)14-21;/h5-6,9-10,15-16H,2-4,7-8,11-14,21H2,1H3,(H,22,25);1H. The van der Waals surface area contributed by atoms with E-state index in [1.165, 1.54) is 6.42 Å². The van der Waals surface area contributed by atoms with E-state index in [-0.39, 0.29) is 30.0 Å². The van der Waals surface area contributed by atoms with Crippen LogP contribution in [0, 0.1) is 5.92 Å². The number of imidazole rings is 1. The van der Waals surface area contributed by atoms with Crippen molar-refractivity contribution in [3.05, 3.63) is 34.7 Å². The average molecular weight is 395 g/mol. The van der Waals surface area contributed by atoms with Crippen molar-refractivity contribution in [1.29, 1.82) is 0 Å². The lowest BCUT2D eigenvalue weighted by atomic mass is 9.84. The number of carbonyl (C=O) groups excluding carboxylic acids is 1. The van der Waals surface area contributed by atoms with Gasteiger partial charge in [0.05, 0.1) is 11.0 Å². The quantitative estimate of drug-likeness (QED) is 0.757.